The Morgan fingerprint density at radius 1 is 1.53 bits per heavy atom. The molecule has 0 saturated carbocycles. The molecule has 1 aliphatic heterocycles. The summed E-state index contributed by atoms with van der Waals surface area (Å²) in [6.45, 7) is 6.31. The van der Waals surface area contributed by atoms with E-state index >= 15 is 0 Å². The maximum absolute atomic E-state index is 12.6. The van der Waals surface area contributed by atoms with Gasteiger partial charge in [0.15, 0.2) is 0 Å². The van der Waals surface area contributed by atoms with E-state index in [2.05, 4.69) is 6.92 Å². The monoisotopic (exact) mass is 303 g/mol. The Labute approximate surface area is 119 Å². The van der Waals surface area contributed by atoms with Crippen molar-refractivity contribution in [2.24, 2.45) is 5.73 Å². The number of hydrogen-bond donors (Lipinski definition) is 1. The van der Waals surface area contributed by atoms with Crippen LogP contribution in [0.3, 0.4) is 0 Å². The van der Waals surface area contributed by atoms with Crippen molar-refractivity contribution in [3.63, 3.8) is 0 Å². The minimum absolute atomic E-state index is 0.353. The minimum Gasteiger partial charge on any atom is -0.349 e. The lowest BCUT2D eigenvalue weighted by Gasteiger charge is -2.29. The third kappa shape index (κ3) is 2.99. The zero-order valence-electron chi connectivity index (χ0n) is 11.4. The molecule has 1 aromatic heterocycles. The number of aromatic nitrogens is 1. The summed E-state index contributed by atoms with van der Waals surface area (Å²) in [7, 11) is -3.37. The van der Waals surface area contributed by atoms with Gasteiger partial charge in [0.1, 0.15) is 4.90 Å². The van der Waals surface area contributed by atoms with Crippen LogP contribution in [0.15, 0.2) is 17.2 Å². The predicted octanol–water partition coefficient (Wildman–Crippen LogP) is 1.09. The van der Waals surface area contributed by atoms with Gasteiger partial charge in [-0.25, -0.2) is 8.42 Å². The lowest BCUT2D eigenvalue weighted by atomic mass is 10.4. The van der Waals surface area contributed by atoms with Gasteiger partial charge in [-0.15, -0.1) is 0 Å². The van der Waals surface area contributed by atoms with Crippen LogP contribution in [0.5, 0.6) is 0 Å². The minimum atomic E-state index is -3.37. The topological polar surface area (TPSA) is 68.3 Å². The smallest absolute Gasteiger partial charge is 0.244 e. The summed E-state index contributed by atoms with van der Waals surface area (Å²) in [5.74, 6) is 0.860. The maximum Gasteiger partial charge on any atom is 0.244 e. The zero-order valence-corrected chi connectivity index (χ0v) is 13.0. The number of nitrogens with two attached hydrogens (primary N) is 1. The molecule has 1 unspecified atom stereocenters. The Morgan fingerprint density at radius 3 is 2.79 bits per heavy atom. The van der Waals surface area contributed by atoms with E-state index in [1.807, 2.05) is 23.3 Å². The molecule has 0 aliphatic carbocycles. The Hall–Kier alpha value is -0.500. The maximum atomic E-state index is 12.6. The summed E-state index contributed by atoms with van der Waals surface area (Å²) in [6, 6.07) is 1.70. The Morgan fingerprint density at radius 2 is 2.26 bits per heavy atom. The van der Waals surface area contributed by atoms with E-state index in [1.165, 1.54) is 0 Å². The van der Waals surface area contributed by atoms with Crippen molar-refractivity contribution in [1.82, 2.24) is 8.87 Å². The molecule has 0 aromatic carbocycles. The number of rotatable bonds is 4. The average Bonchev–Trinajstić information content (AvgIpc) is 2.82. The van der Waals surface area contributed by atoms with Crippen LogP contribution < -0.4 is 5.73 Å². The number of sulfonamides is 1. The van der Waals surface area contributed by atoms with Gasteiger partial charge >= 0.3 is 0 Å². The second-order valence-electron chi connectivity index (χ2n) is 4.70. The highest BCUT2D eigenvalue weighted by atomic mass is 32.2. The second-order valence-corrected chi connectivity index (χ2v) is 8.19. The number of nitrogens with zero attached hydrogens (tertiary/aromatic N) is 2. The molecule has 5 nitrogen and oxygen atoms in total. The highest BCUT2D eigenvalue weighted by Crippen LogP contribution is 2.25. The number of aryl methyl sites for hydroxylation is 1. The van der Waals surface area contributed by atoms with Gasteiger partial charge in [0.25, 0.3) is 0 Å². The molecule has 1 atom stereocenters. The van der Waals surface area contributed by atoms with E-state index in [1.54, 1.807) is 16.6 Å². The fraction of sp³-hybridized carbons (Fsp3) is 0.667. The first-order valence-electron chi connectivity index (χ1n) is 6.50. The fourth-order valence-electron chi connectivity index (χ4n) is 2.29. The van der Waals surface area contributed by atoms with Crippen LogP contribution in [0.1, 0.15) is 19.5 Å². The number of thioether (sulfide) groups is 1. The SMILES string of the molecule is CCn1cc(S(=O)(=O)N2CCSC(C)C2)cc1CN. The molecule has 0 spiro atoms. The van der Waals surface area contributed by atoms with E-state index in [0.29, 0.717) is 29.8 Å². The van der Waals surface area contributed by atoms with Crippen LogP contribution in [0.2, 0.25) is 0 Å². The second kappa shape index (κ2) is 5.87. The third-order valence-corrected chi connectivity index (χ3v) is 6.32. The molecule has 2 N–H and O–H groups in total. The van der Waals surface area contributed by atoms with Crippen LogP contribution in [-0.2, 0) is 23.1 Å². The van der Waals surface area contributed by atoms with Crippen molar-refractivity contribution >= 4 is 21.8 Å². The van der Waals surface area contributed by atoms with Crippen LogP contribution in [0, 0.1) is 0 Å². The summed E-state index contributed by atoms with van der Waals surface area (Å²) in [5, 5.41) is 0.353. The van der Waals surface area contributed by atoms with Gasteiger partial charge in [-0.2, -0.15) is 16.1 Å². The van der Waals surface area contributed by atoms with Crippen LogP contribution >= 0.6 is 11.8 Å². The number of hydrogen-bond acceptors (Lipinski definition) is 4. The van der Waals surface area contributed by atoms with Gasteiger partial charge in [-0.05, 0) is 13.0 Å². The summed E-state index contributed by atoms with van der Waals surface area (Å²) in [6.07, 6.45) is 1.70. The van der Waals surface area contributed by atoms with Crippen molar-refractivity contribution in [3.05, 3.63) is 18.0 Å². The van der Waals surface area contributed by atoms with Gasteiger partial charge in [0.05, 0.1) is 0 Å². The van der Waals surface area contributed by atoms with E-state index in [4.69, 9.17) is 5.73 Å². The summed E-state index contributed by atoms with van der Waals surface area (Å²) in [5.41, 5.74) is 6.51. The van der Waals surface area contributed by atoms with Crippen LogP contribution in [0.25, 0.3) is 0 Å². The standard InChI is InChI=1S/C12H21N3O2S2/c1-3-14-9-12(6-11(14)7-13)19(16,17)15-4-5-18-10(2)8-15/h6,9-10H,3-5,7-8,13H2,1-2H3. The quantitative estimate of drug-likeness (QED) is 0.904. The van der Waals surface area contributed by atoms with Gasteiger partial charge in [0.2, 0.25) is 10.0 Å². The third-order valence-electron chi connectivity index (χ3n) is 3.35. The molecular formula is C12H21N3O2S2. The van der Waals surface area contributed by atoms with Crippen molar-refractivity contribution < 1.29 is 8.42 Å². The van der Waals surface area contributed by atoms with Crippen molar-refractivity contribution in [1.29, 1.82) is 0 Å². The molecular weight excluding hydrogens is 282 g/mol. The highest BCUT2D eigenvalue weighted by molar-refractivity contribution is 8.00. The molecule has 19 heavy (non-hydrogen) atoms. The molecule has 2 rings (SSSR count). The van der Waals surface area contributed by atoms with Gasteiger partial charge in [0, 0.05) is 49.1 Å². The first kappa shape index (κ1) is 14.9. The largest absolute Gasteiger partial charge is 0.349 e. The zero-order chi connectivity index (χ0) is 14.0. The van der Waals surface area contributed by atoms with Crippen LogP contribution in [-0.4, -0.2) is 41.4 Å². The first-order chi connectivity index (χ1) is 8.98. The van der Waals surface area contributed by atoms with E-state index < -0.39 is 10.0 Å². The van der Waals surface area contributed by atoms with Gasteiger partial charge in [-0.3, -0.25) is 0 Å². The van der Waals surface area contributed by atoms with Crippen LogP contribution in [0.4, 0.5) is 0 Å². The molecule has 1 aliphatic rings. The molecule has 108 valence electrons. The lowest BCUT2D eigenvalue weighted by molar-refractivity contribution is 0.424. The van der Waals surface area contributed by atoms with Gasteiger partial charge < -0.3 is 10.3 Å². The average molecular weight is 303 g/mol. The molecule has 0 amide bonds. The fourth-order valence-corrected chi connectivity index (χ4v) is 5.10. The molecule has 7 heteroatoms. The van der Waals surface area contributed by atoms with Gasteiger partial charge in [-0.1, -0.05) is 6.92 Å². The highest BCUT2D eigenvalue weighted by Gasteiger charge is 2.30. The summed E-state index contributed by atoms with van der Waals surface area (Å²) in [4.78, 5) is 0.369. The van der Waals surface area contributed by atoms with Crippen molar-refractivity contribution in [2.45, 2.75) is 37.1 Å². The molecule has 0 bridgehead atoms. The van der Waals surface area contributed by atoms with Crippen molar-refractivity contribution in [2.75, 3.05) is 18.8 Å². The van der Waals surface area contributed by atoms with Crippen molar-refractivity contribution in [3.8, 4) is 0 Å². The molecule has 1 fully saturated rings. The van der Waals surface area contributed by atoms with E-state index in [9.17, 15) is 8.42 Å². The van der Waals surface area contributed by atoms with E-state index in [-0.39, 0.29) is 0 Å². The molecule has 2 heterocycles. The Bertz CT molecular complexity index is 518. The molecule has 1 saturated heterocycles. The Balaban J connectivity index is 2.31. The first-order valence-corrected chi connectivity index (χ1v) is 8.98. The molecule has 0 radical (unpaired) electrons. The lowest BCUT2D eigenvalue weighted by Crippen LogP contribution is -2.40. The molecule has 1 aromatic rings. The Kier molecular flexibility index (Phi) is 4.60. The van der Waals surface area contributed by atoms with E-state index in [0.717, 1.165) is 18.0 Å². The summed E-state index contributed by atoms with van der Waals surface area (Å²) >= 11 is 1.82. The normalized spacial score (nSPS) is 21.7. The summed E-state index contributed by atoms with van der Waals surface area (Å²) < 4.78 is 28.7. The predicted molar refractivity (Wildman–Crippen MR) is 78.7 cm³/mol.